The van der Waals surface area contributed by atoms with Crippen LogP contribution in [0, 0.1) is 0 Å². The zero-order valence-corrected chi connectivity index (χ0v) is 10.8. The molecule has 1 saturated heterocycles. The van der Waals surface area contributed by atoms with E-state index in [1.54, 1.807) is 0 Å². The van der Waals surface area contributed by atoms with Gasteiger partial charge in [0.2, 0.25) is 0 Å². The molecule has 1 fully saturated rings. The Morgan fingerprint density at radius 3 is 2.78 bits per heavy atom. The minimum absolute atomic E-state index is 0.0122. The van der Waals surface area contributed by atoms with E-state index in [1.807, 2.05) is 0 Å². The molecule has 0 aromatic carbocycles. The van der Waals surface area contributed by atoms with Gasteiger partial charge in [0.25, 0.3) is 0 Å². The first kappa shape index (κ1) is 13.1. The van der Waals surface area contributed by atoms with Crippen molar-refractivity contribution in [1.82, 2.24) is 4.98 Å². The van der Waals surface area contributed by atoms with E-state index in [9.17, 15) is 13.2 Å². The Hall–Kier alpha value is -1.34. The fraction of sp³-hybridized carbons (Fsp3) is 0.400. The lowest BCUT2D eigenvalue weighted by Crippen LogP contribution is -2.41. The third-order valence-electron chi connectivity index (χ3n) is 2.82. The van der Waals surface area contributed by atoms with E-state index in [4.69, 9.17) is 16.7 Å². The number of hydrogen-bond donors (Lipinski definition) is 2. The van der Waals surface area contributed by atoms with Gasteiger partial charge >= 0.3 is 5.97 Å². The number of aromatic nitrogens is 1. The van der Waals surface area contributed by atoms with Crippen molar-refractivity contribution in [3.8, 4) is 0 Å². The van der Waals surface area contributed by atoms with Gasteiger partial charge in [-0.25, -0.2) is 18.2 Å². The SMILES string of the molecule is O=C(O)c1cnc(NCC2CCS2(=O)=O)c(Cl)c1. The van der Waals surface area contributed by atoms with Crippen LogP contribution in [0.3, 0.4) is 0 Å². The van der Waals surface area contributed by atoms with E-state index in [-0.39, 0.29) is 22.9 Å². The summed E-state index contributed by atoms with van der Waals surface area (Å²) in [7, 11) is -2.95. The first-order valence-electron chi connectivity index (χ1n) is 5.24. The van der Waals surface area contributed by atoms with Gasteiger partial charge in [-0.3, -0.25) is 0 Å². The van der Waals surface area contributed by atoms with Gasteiger partial charge in [-0.1, -0.05) is 11.6 Å². The van der Waals surface area contributed by atoms with E-state index < -0.39 is 21.1 Å². The largest absolute Gasteiger partial charge is 0.478 e. The number of anilines is 1. The summed E-state index contributed by atoms with van der Waals surface area (Å²) < 4.78 is 22.6. The number of carboxylic acid groups (broad SMARTS) is 1. The van der Waals surface area contributed by atoms with Crippen molar-refractivity contribution < 1.29 is 18.3 Å². The van der Waals surface area contributed by atoms with Gasteiger partial charge in [-0.15, -0.1) is 0 Å². The second kappa shape index (κ2) is 4.74. The summed E-state index contributed by atoms with van der Waals surface area (Å²) >= 11 is 5.85. The highest BCUT2D eigenvalue weighted by Crippen LogP contribution is 2.24. The van der Waals surface area contributed by atoms with Gasteiger partial charge in [0.05, 0.1) is 21.6 Å². The number of nitrogens with zero attached hydrogens (tertiary/aromatic N) is 1. The molecule has 18 heavy (non-hydrogen) atoms. The van der Waals surface area contributed by atoms with Crippen molar-refractivity contribution in [3.63, 3.8) is 0 Å². The highest BCUT2D eigenvalue weighted by atomic mass is 35.5. The van der Waals surface area contributed by atoms with Crippen LogP contribution in [-0.2, 0) is 9.84 Å². The molecule has 2 rings (SSSR count). The average Bonchev–Trinajstić information content (AvgIpc) is 2.29. The van der Waals surface area contributed by atoms with Crippen LogP contribution in [0.25, 0.3) is 0 Å². The number of hydrogen-bond acceptors (Lipinski definition) is 5. The van der Waals surface area contributed by atoms with Gasteiger partial charge in [0.1, 0.15) is 5.82 Å². The van der Waals surface area contributed by atoms with Gasteiger partial charge in [0, 0.05) is 12.7 Å². The number of carboxylic acids is 1. The summed E-state index contributed by atoms with van der Waals surface area (Å²) in [6.07, 6.45) is 1.80. The molecule has 0 spiro atoms. The minimum atomic E-state index is -2.95. The Morgan fingerprint density at radius 1 is 1.61 bits per heavy atom. The van der Waals surface area contributed by atoms with Crippen LogP contribution in [-0.4, -0.2) is 42.0 Å². The summed E-state index contributed by atoms with van der Waals surface area (Å²) in [6.45, 7) is 0.238. The lowest BCUT2D eigenvalue weighted by atomic mass is 10.3. The molecule has 6 nitrogen and oxygen atoms in total. The smallest absolute Gasteiger partial charge is 0.337 e. The Morgan fingerprint density at radius 2 is 2.33 bits per heavy atom. The second-order valence-corrected chi connectivity index (χ2v) is 6.83. The Kier molecular flexibility index (Phi) is 3.45. The quantitative estimate of drug-likeness (QED) is 0.860. The molecule has 1 aromatic heterocycles. The molecule has 98 valence electrons. The molecule has 1 aromatic rings. The molecular formula is C10H11ClN2O4S. The molecule has 2 N–H and O–H groups in total. The number of pyridine rings is 1. The number of halogens is 1. The topological polar surface area (TPSA) is 96.4 Å². The molecule has 1 aliphatic rings. The summed E-state index contributed by atoms with van der Waals surface area (Å²) in [5.74, 6) is -0.598. The summed E-state index contributed by atoms with van der Waals surface area (Å²) in [6, 6.07) is 1.27. The molecule has 0 radical (unpaired) electrons. The number of carbonyl (C=O) groups is 1. The predicted molar refractivity (Wildman–Crippen MR) is 66.9 cm³/mol. The van der Waals surface area contributed by atoms with Crippen molar-refractivity contribution in [2.75, 3.05) is 17.6 Å². The standard InChI is InChI=1S/C10H11ClN2O4S/c11-8-3-6(10(14)15)4-12-9(8)13-5-7-1-2-18(7,16)17/h3-4,7H,1-2,5H2,(H,12,13)(H,14,15). The van der Waals surface area contributed by atoms with Crippen LogP contribution >= 0.6 is 11.6 Å². The monoisotopic (exact) mass is 290 g/mol. The fourth-order valence-electron chi connectivity index (χ4n) is 1.60. The lowest BCUT2D eigenvalue weighted by Gasteiger charge is -2.26. The molecular weight excluding hydrogens is 280 g/mol. The molecule has 0 saturated carbocycles. The molecule has 8 heteroatoms. The third kappa shape index (κ3) is 2.56. The van der Waals surface area contributed by atoms with Crippen molar-refractivity contribution >= 4 is 33.2 Å². The number of rotatable bonds is 4. The summed E-state index contributed by atoms with van der Waals surface area (Å²) in [4.78, 5) is 14.5. The lowest BCUT2D eigenvalue weighted by molar-refractivity contribution is 0.0696. The Labute approximate surface area is 109 Å². The molecule has 0 aliphatic carbocycles. The molecule has 0 amide bonds. The van der Waals surface area contributed by atoms with E-state index in [0.29, 0.717) is 12.2 Å². The number of sulfone groups is 1. The molecule has 1 atom stereocenters. The van der Waals surface area contributed by atoms with Gasteiger partial charge < -0.3 is 10.4 Å². The van der Waals surface area contributed by atoms with Gasteiger partial charge in [-0.05, 0) is 12.5 Å². The van der Waals surface area contributed by atoms with Crippen LogP contribution in [0.2, 0.25) is 5.02 Å². The van der Waals surface area contributed by atoms with E-state index in [2.05, 4.69) is 10.3 Å². The minimum Gasteiger partial charge on any atom is -0.478 e. The Balaban J connectivity index is 2.04. The van der Waals surface area contributed by atoms with Gasteiger partial charge in [0.15, 0.2) is 9.84 Å². The summed E-state index contributed by atoms with van der Waals surface area (Å²) in [5, 5.41) is 11.3. The van der Waals surface area contributed by atoms with Crippen molar-refractivity contribution in [3.05, 3.63) is 22.8 Å². The highest BCUT2D eigenvalue weighted by Gasteiger charge is 2.35. The first-order chi connectivity index (χ1) is 8.40. The van der Waals surface area contributed by atoms with Crippen LogP contribution in [0.5, 0.6) is 0 Å². The zero-order valence-electron chi connectivity index (χ0n) is 9.26. The summed E-state index contributed by atoms with van der Waals surface area (Å²) in [5.41, 5.74) is -0.0122. The van der Waals surface area contributed by atoms with E-state index >= 15 is 0 Å². The van der Waals surface area contributed by atoms with Crippen molar-refractivity contribution in [2.24, 2.45) is 0 Å². The maximum absolute atomic E-state index is 11.3. The zero-order chi connectivity index (χ0) is 13.3. The second-order valence-electron chi connectivity index (χ2n) is 4.02. The molecule has 1 aliphatic heterocycles. The fourth-order valence-corrected chi connectivity index (χ4v) is 3.13. The van der Waals surface area contributed by atoms with Crippen molar-refractivity contribution in [1.29, 1.82) is 0 Å². The Bertz CT molecular complexity index is 588. The van der Waals surface area contributed by atoms with Crippen LogP contribution in [0.1, 0.15) is 16.8 Å². The van der Waals surface area contributed by atoms with Crippen LogP contribution in [0.15, 0.2) is 12.3 Å². The third-order valence-corrected chi connectivity index (χ3v) is 5.33. The molecule has 1 unspecified atom stereocenters. The van der Waals surface area contributed by atoms with Crippen molar-refractivity contribution in [2.45, 2.75) is 11.7 Å². The first-order valence-corrected chi connectivity index (χ1v) is 7.34. The van der Waals surface area contributed by atoms with Gasteiger partial charge in [-0.2, -0.15) is 0 Å². The van der Waals surface area contributed by atoms with Crippen LogP contribution < -0.4 is 5.32 Å². The highest BCUT2D eigenvalue weighted by molar-refractivity contribution is 7.93. The maximum atomic E-state index is 11.3. The van der Waals surface area contributed by atoms with Crippen LogP contribution in [0.4, 0.5) is 5.82 Å². The van der Waals surface area contributed by atoms with E-state index in [0.717, 1.165) is 0 Å². The average molecular weight is 291 g/mol. The maximum Gasteiger partial charge on any atom is 0.337 e. The molecule has 2 heterocycles. The normalized spacial score (nSPS) is 21.1. The number of nitrogens with one attached hydrogen (secondary N) is 1. The van der Waals surface area contributed by atoms with E-state index in [1.165, 1.54) is 12.3 Å². The number of aromatic carboxylic acids is 1. The molecule has 0 bridgehead atoms. The predicted octanol–water partition coefficient (Wildman–Crippen LogP) is 1.03.